The Labute approximate surface area is 200 Å². The highest BCUT2D eigenvalue weighted by atomic mass is 19.1. The lowest BCUT2D eigenvalue weighted by molar-refractivity contribution is -0.144. The second-order valence-electron chi connectivity index (χ2n) is 9.10. The number of Topliss-reactive ketones (excluding diaryl/α,β-unsaturated/α-hetero) is 2. The number of ether oxygens (including phenoxy) is 1. The number of likely N-dealkylation sites (tertiary alicyclic amines) is 1. The van der Waals surface area contributed by atoms with Crippen LogP contribution in [0.15, 0.2) is 78.9 Å². The van der Waals surface area contributed by atoms with Gasteiger partial charge in [0.15, 0.2) is 0 Å². The lowest BCUT2D eigenvalue weighted by Crippen LogP contribution is -2.51. The number of carbonyl (C=O) groups is 4. The van der Waals surface area contributed by atoms with E-state index < -0.39 is 46.9 Å². The van der Waals surface area contributed by atoms with Gasteiger partial charge in [-0.1, -0.05) is 66.7 Å². The number of rotatable bonds is 4. The van der Waals surface area contributed by atoms with Crippen molar-refractivity contribution < 1.29 is 28.3 Å². The third-order valence-corrected chi connectivity index (χ3v) is 7.28. The number of fused-ring (bicyclic) bond motifs is 3. The average Bonchev–Trinajstić information content (AvgIpc) is 3.44. The van der Waals surface area contributed by atoms with Gasteiger partial charge in [-0.3, -0.25) is 24.1 Å². The molecule has 2 saturated heterocycles. The molecule has 0 N–H and O–H groups in total. The zero-order valence-electron chi connectivity index (χ0n) is 18.5. The molecule has 3 aromatic rings. The van der Waals surface area contributed by atoms with E-state index in [-0.39, 0.29) is 23.5 Å². The molecule has 174 valence electrons. The lowest BCUT2D eigenvalue weighted by Gasteiger charge is -2.27. The Balaban J connectivity index is 1.41. The van der Waals surface area contributed by atoms with E-state index in [2.05, 4.69) is 0 Å². The highest BCUT2D eigenvalue weighted by Crippen LogP contribution is 2.57. The molecule has 0 radical (unpaired) electrons. The van der Waals surface area contributed by atoms with E-state index in [1.54, 1.807) is 60.7 Å². The second kappa shape index (κ2) is 7.78. The van der Waals surface area contributed by atoms with Crippen LogP contribution < -0.4 is 0 Å². The molecular formula is C28H20FNO5. The van der Waals surface area contributed by atoms with E-state index in [9.17, 15) is 23.6 Å². The number of amides is 2. The van der Waals surface area contributed by atoms with Crippen LogP contribution in [0, 0.1) is 17.7 Å². The van der Waals surface area contributed by atoms with Crippen LogP contribution in [-0.4, -0.2) is 40.4 Å². The smallest absolute Gasteiger partial charge is 0.237 e. The summed E-state index contributed by atoms with van der Waals surface area (Å²) in [6.07, 6.45) is -0.598. The van der Waals surface area contributed by atoms with Gasteiger partial charge >= 0.3 is 0 Å². The zero-order valence-corrected chi connectivity index (χ0v) is 18.5. The van der Waals surface area contributed by atoms with Crippen LogP contribution in [0.1, 0.15) is 37.9 Å². The fourth-order valence-electron chi connectivity index (χ4n) is 5.63. The van der Waals surface area contributed by atoms with Crippen molar-refractivity contribution in [1.82, 2.24) is 4.90 Å². The number of halogens is 1. The summed E-state index contributed by atoms with van der Waals surface area (Å²) in [5.41, 5.74) is -0.274. The second-order valence-corrected chi connectivity index (χ2v) is 9.10. The minimum absolute atomic E-state index is 0.0587. The number of hydrogen-bond donors (Lipinski definition) is 0. The quantitative estimate of drug-likeness (QED) is 0.431. The Morgan fingerprint density at radius 2 is 1.37 bits per heavy atom. The first-order valence-corrected chi connectivity index (χ1v) is 11.4. The number of hydrogen-bond acceptors (Lipinski definition) is 5. The molecule has 6 nitrogen and oxygen atoms in total. The predicted molar refractivity (Wildman–Crippen MR) is 122 cm³/mol. The van der Waals surface area contributed by atoms with Gasteiger partial charge in [-0.05, 0) is 29.7 Å². The van der Waals surface area contributed by atoms with E-state index in [0.717, 1.165) is 10.5 Å². The third kappa shape index (κ3) is 2.98. The summed E-state index contributed by atoms with van der Waals surface area (Å²) in [7, 11) is 0. The summed E-state index contributed by atoms with van der Waals surface area (Å²) in [5.74, 6) is -4.83. The number of imide groups is 1. The van der Waals surface area contributed by atoms with Gasteiger partial charge in [0, 0.05) is 17.7 Å². The van der Waals surface area contributed by atoms with Crippen molar-refractivity contribution in [1.29, 1.82) is 0 Å². The van der Waals surface area contributed by atoms with Crippen LogP contribution in [0.5, 0.6) is 0 Å². The highest BCUT2D eigenvalue weighted by Gasteiger charge is 2.74. The van der Waals surface area contributed by atoms with Gasteiger partial charge < -0.3 is 4.74 Å². The molecule has 7 heteroatoms. The maximum Gasteiger partial charge on any atom is 0.237 e. The fraction of sp³-hybridized carbons (Fsp3) is 0.214. The van der Waals surface area contributed by atoms with Gasteiger partial charge in [0.25, 0.3) is 0 Å². The van der Waals surface area contributed by atoms with E-state index in [1.165, 1.54) is 12.1 Å². The maximum atomic E-state index is 13.7. The average molecular weight is 469 g/mol. The van der Waals surface area contributed by atoms with Gasteiger partial charge in [-0.2, -0.15) is 0 Å². The monoisotopic (exact) mass is 469 g/mol. The Kier molecular flexibility index (Phi) is 4.79. The summed E-state index contributed by atoms with van der Waals surface area (Å²) in [6.45, 7) is 0.0587. The molecular weight excluding hydrogens is 449 g/mol. The van der Waals surface area contributed by atoms with Crippen LogP contribution in [0.25, 0.3) is 0 Å². The molecule has 0 saturated carbocycles. The Bertz CT molecular complexity index is 1350. The minimum atomic E-state index is -2.06. The number of carbonyl (C=O) groups excluding carboxylic acids is 4. The number of nitrogens with zero attached hydrogens (tertiary/aromatic N) is 1. The topological polar surface area (TPSA) is 80.8 Å². The maximum absolute atomic E-state index is 13.7. The van der Waals surface area contributed by atoms with Gasteiger partial charge in [-0.25, -0.2) is 4.39 Å². The van der Waals surface area contributed by atoms with Crippen LogP contribution in [0.2, 0.25) is 0 Å². The van der Waals surface area contributed by atoms with Gasteiger partial charge in [-0.15, -0.1) is 0 Å². The molecule has 0 aromatic heterocycles. The van der Waals surface area contributed by atoms with E-state index in [4.69, 9.17) is 4.74 Å². The molecule has 1 aliphatic carbocycles. The molecule has 2 amide bonds. The molecule has 35 heavy (non-hydrogen) atoms. The van der Waals surface area contributed by atoms with Crippen molar-refractivity contribution in [3.8, 4) is 0 Å². The Morgan fingerprint density at radius 3 is 2.00 bits per heavy atom. The SMILES string of the molecule is O=C1[C@H]2[C@@H](c3ccccc3)OC3(C(=O)c4ccccc4C3=O)[C@H]2C(=O)N1CCc1ccc(F)cc1. The predicted octanol–water partition coefficient (Wildman–Crippen LogP) is 3.56. The van der Waals surface area contributed by atoms with Gasteiger partial charge in [0.05, 0.1) is 17.9 Å². The largest absolute Gasteiger partial charge is 0.349 e. The number of benzene rings is 3. The van der Waals surface area contributed by atoms with Crippen LogP contribution in [0.4, 0.5) is 4.39 Å². The Morgan fingerprint density at radius 1 is 0.771 bits per heavy atom. The normalized spacial score (nSPS) is 24.4. The molecule has 0 unspecified atom stereocenters. The fourth-order valence-corrected chi connectivity index (χ4v) is 5.63. The van der Waals surface area contributed by atoms with E-state index in [0.29, 0.717) is 12.0 Å². The van der Waals surface area contributed by atoms with Crippen LogP contribution >= 0.6 is 0 Å². The number of ketones is 2. The standard InChI is InChI=1S/C28H20FNO5/c29-18-12-10-16(11-13-18)14-15-30-26(33)21-22(27(30)34)28(35-23(21)17-6-2-1-3-7-17)24(31)19-8-4-5-9-20(19)25(28)32/h1-13,21-23H,14-15H2/t21-,22-,23-/m1/s1. The molecule has 0 bridgehead atoms. The van der Waals surface area contributed by atoms with Crippen molar-refractivity contribution >= 4 is 23.4 Å². The van der Waals surface area contributed by atoms with Crippen molar-refractivity contribution in [2.75, 3.05) is 6.54 Å². The molecule has 1 spiro atoms. The lowest BCUT2D eigenvalue weighted by atomic mass is 9.77. The summed E-state index contributed by atoms with van der Waals surface area (Å²) < 4.78 is 19.5. The Hall–Kier alpha value is -3.97. The molecule has 3 aliphatic rings. The molecule has 3 atom stereocenters. The van der Waals surface area contributed by atoms with E-state index >= 15 is 0 Å². The highest BCUT2D eigenvalue weighted by molar-refractivity contribution is 6.35. The van der Waals surface area contributed by atoms with Crippen molar-refractivity contribution in [3.63, 3.8) is 0 Å². The third-order valence-electron chi connectivity index (χ3n) is 7.28. The van der Waals surface area contributed by atoms with E-state index in [1.807, 2.05) is 6.07 Å². The van der Waals surface area contributed by atoms with Gasteiger partial charge in [0.2, 0.25) is 29.0 Å². The van der Waals surface area contributed by atoms with Crippen molar-refractivity contribution in [2.24, 2.45) is 11.8 Å². The van der Waals surface area contributed by atoms with Crippen molar-refractivity contribution in [3.05, 3.63) is 107 Å². The summed E-state index contributed by atoms with van der Waals surface area (Å²) >= 11 is 0. The first-order valence-electron chi connectivity index (χ1n) is 11.4. The van der Waals surface area contributed by atoms with Crippen LogP contribution in [-0.2, 0) is 20.7 Å². The molecule has 3 aromatic carbocycles. The minimum Gasteiger partial charge on any atom is -0.349 e. The zero-order chi connectivity index (χ0) is 24.3. The van der Waals surface area contributed by atoms with Crippen molar-refractivity contribution in [2.45, 2.75) is 18.1 Å². The summed E-state index contributed by atoms with van der Waals surface area (Å²) in [4.78, 5) is 55.8. The molecule has 2 fully saturated rings. The molecule has 2 aliphatic heterocycles. The summed E-state index contributed by atoms with van der Waals surface area (Å²) in [6, 6.07) is 21.1. The van der Waals surface area contributed by atoms with Gasteiger partial charge in [0.1, 0.15) is 5.82 Å². The molecule has 6 rings (SSSR count). The first kappa shape index (κ1) is 21.6. The summed E-state index contributed by atoms with van der Waals surface area (Å²) in [5, 5.41) is 0. The first-order chi connectivity index (χ1) is 16.9. The van der Waals surface area contributed by atoms with Crippen LogP contribution in [0.3, 0.4) is 0 Å². The molecule has 2 heterocycles.